The van der Waals surface area contributed by atoms with Crippen LogP contribution in [0.3, 0.4) is 0 Å². The van der Waals surface area contributed by atoms with Crippen LogP contribution in [0.4, 0.5) is 10.8 Å². The lowest BCUT2D eigenvalue weighted by Gasteiger charge is -1.95. The molecule has 0 amide bonds. The van der Waals surface area contributed by atoms with E-state index in [-0.39, 0.29) is 5.15 Å². The summed E-state index contributed by atoms with van der Waals surface area (Å²) in [5.41, 5.74) is 0.830. The predicted octanol–water partition coefficient (Wildman–Crippen LogP) is 2.63. The maximum atomic E-state index is 8.73. The normalized spacial score (nSPS) is 10.1. The second kappa shape index (κ2) is 4.51. The molecule has 2 heterocycles. The number of aromatic nitrogens is 3. The van der Waals surface area contributed by atoms with Gasteiger partial charge in [0.25, 0.3) is 0 Å². The molecule has 0 saturated carbocycles. The SMILES string of the molecule is CCn1cc(Nc2nc(Cl)c(C#N)s2)cn1. The molecule has 2 rings (SSSR count). The van der Waals surface area contributed by atoms with Crippen molar-refractivity contribution < 1.29 is 0 Å². The van der Waals surface area contributed by atoms with Gasteiger partial charge in [-0.25, -0.2) is 4.98 Å². The number of halogens is 1. The van der Waals surface area contributed by atoms with E-state index in [9.17, 15) is 0 Å². The minimum absolute atomic E-state index is 0.234. The van der Waals surface area contributed by atoms with Crippen molar-refractivity contribution >= 4 is 33.8 Å². The predicted molar refractivity (Wildman–Crippen MR) is 63.0 cm³/mol. The number of hydrogen-bond acceptors (Lipinski definition) is 5. The van der Waals surface area contributed by atoms with Gasteiger partial charge in [-0.2, -0.15) is 10.4 Å². The van der Waals surface area contributed by atoms with Gasteiger partial charge in [-0.3, -0.25) is 4.68 Å². The number of thiazole rings is 1. The Hall–Kier alpha value is -1.58. The maximum Gasteiger partial charge on any atom is 0.189 e. The zero-order valence-electron chi connectivity index (χ0n) is 8.44. The molecule has 5 nitrogen and oxygen atoms in total. The summed E-state index contributed by atoms with van der Waals surface area (Å²) in [6.45, 7) is 2.81. The van der Waals surface area contributed by atoms with Crippen molar-refractivity contribution in [1.29, 1.82) is 5.26 Å². The van der Waals surface area contributed by atoms with E-state index in [0.717, 1.165) is 12.2 Å². The Balaban J connectivity index is 2.17. The lowest BCUT2D eigenvalue weighted by Crippen LogP contribution is -1.92. The number of nitrogens with zero attached hydrogens (tertiary/aromatic N) is 4. The van der Waals surface area contributed by atoms with Crippen LogP contribution in [0.15, 0.2) is 12.4 Å². The molecule has 1 N–H and O–H groups in total. The van der Waals surface area contributed by atoms with Crippen molar-refractivity contribution in [2.24, 2.45) is 0 Å². The molecule has 0 aliphatic rings. The quantitative estimate of drug-likeness (QED) is 0.913. The summed E-state index contributed by atoms with van der Waals surface area (Å²) < 4.78 is 1.79. The van der Waals surface area contributed by atoms with E-state index in [1.54, 1.807) is 10.9 Å². The highest BCUT2D eigenvalue weighted by Gasteiger charge is 2.09. The number of nitriles is 1. The van der Waals surface area contributed by atoms with Gasteiger partial charge in [-0.15, -0.1) is 0 Å². The summed E-state index contributed by atoms with van der Waals surface area (Å²) in [6, 6.07) is 1.98. The fourth-order valence-corrected chi connectivity index (χ4v) is 2.12. The number of hydrogen-bond donors (Lipinski definition) is 1. The molecule has 2 aromatic rings. The molecule has 0 aliphatic carbocycles. The third kappa shape index (κ3) is 2.15. The largest absolute Gasteiger partial charge is 0.329 e. The van der Waals surface area contributed by atoms with E-state index >= 15 is 0 Å². The van der Waals surface area contributed by atoms with Crippen LogP contribution in [0.25, 0.3) is 0 Å². The van der Waals surface area contributed by atoms with Crippen LogP contribution in [0.1, 0.15) is 11.8 Å². The van der Waals surface area contributed by atoms with E-state index in [2.05, 4.69) is 15.4 Å². The van der Waals surface area contributed by atoms with Gasteiger partial charge >= 0.3 is 0 Å². The van der Waals surface area contributed by atoms with Crippen LogP contribution in [-0.4, -0.2) is 14.8 Å². The van der Waals surface area contributed by atoms with Crippen molar-refractivity contribution in [3.63, 3.8) is 0 Å². The van der Waals surface area contributed by atoms with Crippen LogP contribution in [-0.2, 0) is 6.54 Å². The van der Waals surface area contributed by atoms with E-state index < -0.39 is 0 Å². The summed E-state index contributed by atoms with van der Waals surface area (Å²) in [5.74, 6) is 0. The third-order valence-corrected chi connectivity index (χ3v) is 3.16. The van der Waals surface area contributed by atoms with Crippen LogP contribution in [0.2, 0.25) is 5.15 Å². The first-order chi connectivity index (χ1) is 7.72. The average Bonchev–Trinajstić information content (AvgIpc) is 2.85. The standard InChI is InChI=1S/C9H8ClN5S/c1-2-15-5-6(4-12-15)13-9-14-8(10)7(3-11)16-9/h4-5H,2H2,1H3,(H,13,14). The van der Waals surface area contributed by atoms with Crippen LogP contribution >= 0.6 is 22.9 Å². The minimum Gasteiger partial charge on any atom is -0.329 e. The topological polar surface area (TPSA) is 66.5 Å². The van der Waals surface area contributed by atoms with Crippen molar-refractivity contribution in [2.75, 3.05) is 5.32 Å². The van der Waals surface area contributed by atoms with Crippen LogP contribution in [0.5, 0.6) is 0 Å². The first kappa shape index (κ1) is 10.9. The minimum atomic E-state index is 0.234. The van der Waals surface area contributed by atoms with Crippen LogP contribution in [0, 0.1) is 11.3 Å². The van der Waals surface area contributed by atoms with E-state index in [4.69, 9.17) is 16.9 Å². The van der Waals surface area contributed by atoms with Gasteiger partial charge in [0.2, 0.25) is 0 Å². The first-order valence-electron chi connectivity index (χ1n) is 4.59. The highest BCUT2D eigenvalue weighted by atomic mass is 35.5. The molecule has 82 valence electrons. The zero-order valence-corrected chi connectivity index (χ0v) is 10.0. The van der Waals surface area contributed by atoms with Crippen molar-refractivity contribution in [2.45, 2.75) is 13.5 Å². The van der Waals surface area contributed by atoms with Crippen molar-refractivity contribution in [3.05, 3.63) is 22.4 Å². The maximum absolute atomic E-state index is 8.73. The number of nitrogens with one attached hydrogen (secondary N) is 1. The Morgan fingerprint density at radius 1 is 1.69 bits per heavy atom. The zero-order chi connectivity index (χ0) is 11.5. The molecule has 0 spiro atoms. The van der Waals surface area contributed by atoms with Gasteiger partial charge in [-0.1, -0.05) is 22.9 Å². The summed E-state index contributed by atoms with van der Waals surface area (Å²) in [6.07, 6.45) is 3.56. The summed E-state index contributed by atoms with van der Waals surface area (Å²) in [4.78, 5) is 4.43. The van der Waals surface area contributed by atoms with Crippen LogP contribution < -0.4 is 5.32 Å². The van der Waals surface area contributed by atoms with Gasteiger partial charge in [0, 0.05) is 12.7 Å². The molecule has 2 aromatic heterocycles. The molecular formula is C9H8ClN5S. The molecule has 0 radical (unpaired) electrons. The molecule has 0 atom stereocenters. The lowest BCUT2D eigenvalue weighted by atomic mass is 10.6. The molecule has 0 fully saturated rings. The lowest BCUT2D eigenvalue weighted by molar-refractivity contribution is 0.660. The molecule has 16 heavy (non-hydrogen) atoms. The van der Waals surface area contributed by atoms with Gasteiger partial charge in [0.05, 0.1) is 11.9 Å². The van der Waals surface area contributed by atoms with Crippen molar-refractivity contribution in [3.8, 4) is 6.07 Å². The summed E-state index contributed by atoms with van der Waals surface area (Å²) in [5, 5.41) is 16.7. The molecule has 0 saturated heterocycles. The smallest absolute Gasteiger partial charge is 0.189 e. The second-order valence-electron chi connectivity index (χ2n) is 2.96. The summed E-state index contributed by atoms with van der Waals surface area (Å²) >= 11 is 6.98. The van der Waals surface area contributed by atoms with Gasteiger partial charge in [0.1, 0.15) is 10.9 Å². The fraction of sp³-hybridized carbons (Fsp3) is 0.222. The number of aryl methyl sites for hydroxylation is 1. The monoisotopic (exact) mass is 253 g/mol. The third-order valence-electron chi connectivity index (χ3n) is 1.90. The Kier molecular flexibility index (Phi) is 3.08. The second-order valence-corrected chi connectivity index (χ2v) is 4.32. The molecule has 0 aliphatic heterocycles. The van der Waals surface area contributed by atoms with E-state index in [1.807, 2.05) is 19.2 Å². The highest BCUT2D eigenvalue weighted by Crippen LogP contribution is 2.28. The first-order valence-corrected chi connectivity index (χ1v) is 5.78. The Morgan fingerprint density at radius 2 is 2.50 bits per heavy atom. The summed E-state index contributed by atoms with van der Waals surface area (Å²) in [7, 11) is 0. The number of rotatable bonds is 3. The Morgan fingerprint density at radius 3 is 3.06 bits per heavy atom. The van der Waals surface area contributed by atoms with Gasteiger partial charge < -0.3 is 5.32 Å². The fourth-order valence-electron chi connectivity index (χ4n) is 1.15. The Labute approximate surface area is 101 Å². The molecule has 0 unspecified atom stereocenters. The average molecular weight is 254 g/mol. The molecule has 0 bridgehead atoms. The van der Waals surface area contributed by atoms with Crippen molar-refractivity contribution in [1.82, 2.24) is 14.8 Å². The molecule has 0 aromatic carbocycles. The van der Waals surface area contributed by atoms with E-state index in [1.165, 1.54) is 11.3 Å². The molecular weight excluding hydrogens is 246 g/mol. The molecule has 7 heteroatoms. The van der Waals surface area contributed by atoms with Gasteiger partial charge in [0.15, 0.2) is 10.3 Å². The van der Waals surface area contributed by atoms with Gasteiger partial charge in [-0.05, 0) is 6.92 Å². The highest BCUT2D eigenvalue weighted by molar-refractivity contribution is 7.16. The Bertz CT molecular complexity index is 538. The number of anilines is 2. The van der Waals surface area contributed by atoms with E-state index in [0.29, 0.717) is 10.0 Å².